The minimum absolute atomic E-state index is 0.0751. The molecule has 14 nitrogen and oxygen atoms in total. The fraction of sp³-hybridized carbons (Fsp3) is 0.407. The molecule has 0 N–H and O–H groups in total. The highest BCUT2D eigenvalue weighted by atomic mass is 33.1. The Bertz CT molecular complexity index is 2950. The van der Waals surface area contributed by atoms with Crippen LogP contribution in [-0.2, 0) is 45.1 Å². The van der Waals surface area contributed by atoms with Gasteiger partial charge in [0, 0.05) is 98.0 Å². The van der Waals surface area contributed by atoms with Crippen LogP contribution in [0.4, 0.5) is 28.4 Å². The molecule has 75 heavy (non-hydrogen) atoms. The van der Waals surface area contributed by atoms with E-state index in [1.807, 2.05) is 95.4 Å². The number of amides is 2. The Hall–Kier alpha value is -6.17. The number of aryl methyl sites for hydroxylation is 1. The van der Waals surface area contributed by atoms with Gasteiger partial charge in [-0.3, -0.25) is 34.2 Å². The highest BCUT2D eigenvalue weighted by molar-refractivity contribution is 8.77. The quantitative estimate of drug-likeness (QED) is 0.0384. The highest BCUT2D eigenvalue weighted by Crippen LogP contribution is 2.43. The molecule has 2 atom stereocenters. The largest absolute Gasteiger partial charge is 0.493 e. The number of para-hydroxylation sites is 2. The Kier molecular flexibility index (Phi) is 17.6. The number of anilines is 3. The van der Waals surface area contributed by atoms with Crippen molar-refractivity contribution in [3.8, 4) is 17.2 Å². The number of rotatable bonds is 26. The fourth-order valence-corrected chi connectivity index (χ4v) is 12.5. The summed E-state index contributed by atoms with van der Waals surface area (Å²) in [4.78, 5) is 56.1. The van der Waals surface area contributed by atoms with E-state index >= 15 is 0 Å². The highest BCUT2D eigenvalue weighted by Gasteiger charge is 2.38. The number of ketones is 1. The molecule has 9 rings (SSSR count). The number of carbonyl (C=O) groups excluding carboxylic acids is 3. The number of Topliss-reactive ketones (excluding diaryl/α,β-unsaturated/α-hetero) is 1. The zero-order chi connectivity index (χ0) is 52.5. The number of nitrogens with zero attached hydrogens (tertiary/aromatic N) is 5. The zero-order valence-electron chi connectivity index (χ0n) is 43.8. The summed E-state index contributed by atoms with van der Waals surface area (Å²) in [5.74, 6) is 2.48. The molecule has 0 saturated heterocycles. The molecule has 2 amide bonds. The maximum absolute atomic E-state index is 14.2. The SMILES string of the molecule is CCC(=O)CCCSSC(C)(C)CN(CCOCCOCCOC)c1cc(COc2cc3c(cc2C)C(=O)N2c4ccccc4C[C@H]2C=N3)cc(COc2cc3c(cc2OC)C(=O)N2c4ccccc4C[C@H]2C=N3)c1. The first-order valence-corrected chi connectivity index (χ1v) is 28.1. The third kappa shape index (κ3) is 12.8. The van der Waals surface area contributed by atoms with E-state index < -0.39 is 0 Å². The lowest BCUT2D eigenvalue weighted by atomic mass is 10.1. The smallest absolute Gasteiger partial charge is 0.261 e. The zero-order valence-corrected chi connectivity index (χ0v) is 45.4. The van der Waals surface area contributed by atoms with Crippen molar-refractivity contribution in [2.24, 2.45) is 9.98 Å². The van der Waals surface area contributed by atoms with Crippen LogP contribution in [0.1, 0.15) is 88.6 Å². The van der Waals surface area contributed by atoms with Crippen LogP contribution in [0.5, 0.6) is 17.2 Å². The van der Waals surface area contributed by atoms with Gasteiger partial charge in [-0.05, 0) is 97.5 Å². The van der Waals surface area contributed by atoms with Crippen LogP contribution in [0.25, 0.3) is 0 Å². The minimum Gasteiger partial charge on any atom is -0.493 e. The van der Waals surface area contributed by atoms with Crippen molar-refractivity contribution in [3.63, 3.8) is 0 Å². The van der Waals surface area contributed by atoms with Gasteiger partial charge in [-0.1, -0.05) is 64.9 Å². The van der Waals surface area contributed by atoms with Crippen molar-refractivity contribution < 1.29 is 42.8 Å². The summed E-state index contributed by atoms with van der Waals surface area (Å²) in [6.07, 6.45) is 7.16. The second-order valence-electron chi connectivity index (χ2n) is 19.7. The van der Waals surface area contributed by atoms with E-state index in [-0.39, 0.29) is 41.9 Å². The lowest BCUT2D eigenvalue weighted by Crippen LogP contribution is -2.38. The molecule has 16 heteroatoms. The Morgan fingerprint density at radius 1 is 0.720 bits per heavy atom. The van der Waals surface area contributed by atoms with Gasteiger partial charge in [-0.2, -0.15) is 0 Å². The number of fused-ring (bicyclic) bond motifs is 8. The summed E-state index contributed by atoms with van der Waals surface area (Å²) in [5, 5.41) is 0. The summed E-state index contributed by atoms with van der Waals surface area (Å²) >= 11 is 0. The first kappa shape index (κ1) is 53.6. The van der Waals surface area contributed by atoms with E-state index in [0.29, 0.717) is 117 Å². The summed E-state index contributed by atoms with van der Waals surface area (Å²) < 4.78 is 36.0. The Labute approximate surface area is 448 Å². The van der Waals surface area contributed by atoms with Gasteiger partial charge in [0.15, 0.2) is 11.5 Å². The number of hydrogen-bond donors (Lipinski definition) is 0. The summed E-state index contributed by atoms with van der Waals surface area (Å²) in [6.45, 7) is 12.4. The van der Waals surface area contributed by atoms with Crippen molar-refractivity contribution in [1.29, 1.82) is 0 Å². The van der Waals surface area contributed by atoms with Crippen molar-refractivity contribution in [3.05, 3.63) is 130 Å². The van der Waals surface area contributed by atoms with Gasteiger partial charge in [0.2, 0.25) is 0 Å². The van der Waals surface area contributed by atoms with Crippen LogP contribution in [0.2, 0.25) is 0 Å². The number of hydrogen-bond acceptors (Lipinski definition) is 14. The van der Waals surface area contributed by atoms with Crippen LogP contribution in [0.15, 0.2) is 101 Å². The van der Waals surface area contributed by atoms with Crippen LogP contribution in [0, 0.1) is 6.92 Å². The lowest BCUT2D eigenvalue weighted by Gasteiger charge is -2.34. The Morgan fingerprint density at radius 3 is 1.91 bits per heavy atom. The number of methoxy groups -OCH3 is 2. The Morgan fingerprint density at radius 2 is 1.29 bits per heavy atom. The van der Waals surface area contributed by atoms with Crippen molar-refractivity contribution >= 4 is 80.1 Å². The molecule has 0 spiro atoms. The topological polar surface area (TPSA) is 141 Å². The molecule has 0 aromatic heterocycles. The molecule has 5 aromatic carbocycles. The molecule has 0 aliphatic carbocycles. The van der Waals surface area contributed by atoms with Gasteiger partial charge in [0.1, 0.15) is 24.7 Å². The van der Waals surface area contributed by atoms with Gasteiger partial charge in [0.25, 0.3) is 11.8 Å². The van der Waals surface area contributed by atoms with Gasteiger partial charge >= 0.3 is 0 Å². The maximum atomic E-state index is 14.2. The molecule has 0 fully saturated rings. The molecule has 0 saturated carbocycles. The molecule has 0 bridgehead atoms. The predicted octanol–water partition coefficient (Wildman–Crippen LogP) is 11.1. The van der Waals surface area contributed by atoms with Crippen molar-refractivity contribution in [1.82, 2.24) is 0 Å². The molecule has 4 aliphatic heterocycles. The number of aliphatic imine (C=N–C) groups is 2. The molecule has 5 aromatic rings. The fourth-order valence-electron chi connectivity index (χ4n) is 9.93. The van der Waals surface area contributed by atoms with E-state index in [4.69, 9.17) is 38.4 Å². The molecular weight excluding hydrogens is 987 g/mol. The van der Waals surface area contributed by atoms with Crippen LogP contribution >= 0.6 is 21.6 Å². The predicted molar refractivity (Wildman–Crippen MR) is 301 cm³/mol. The monoisotopic (exact) mass is 1050 g/mol. The second-order valence-corrected chi connectivity index (χ2v) is 22.9. The minimum atomic E-state index is -0.204. The molecule has 0 radical (unpaired) electrons. The average molecular weight is 1050 g/mol. The van der Waals surface area contributed by atoms with E-state index in [2.05, 4.69) is 49.1 Å². The lowest BCUT2D eigenvalue weighted by molar-refractivity contribution is -0.118. The second kappa shape index (κ2) is 24.7. The number of ether oxygens (including phenoxy) is 6. The summed E-state index contributed by atoms with van der Waals surface area (Å²) in [5.41, 5.74) is 9.71. The summed E-state index contributed by atoms with van der Waals surface area (Å²) in [6, 6.07) is 29.3. The standard InChI is InChI=1S/C59H67N5O9S2/c1-7-47(65)15-12-24-74-75-59(3,4)38-62(18-19-70-22-23-71-21-20-68-5)44-27-40(36-72-54-32-50-48(25-39(54)2)57(66)63-45(34-60-50)29-42-13-8-10-16-52(42)63)26-41(28-44)37-73-56-33-51-49(31-55(56)69-6)58(67)64-46(35-61-51)30-43-14-9-11-17-53(43)64/h8-11,13-14,16-17,25-28,31-35,45-46H,7,12,15,18-24,29-30,36-38H2,1-6H3/t45-,46-/m0/s1. The van der Waals surface area contributed by atoms with Crippen LogP contribution in [-0.4, -0.2) is 113 Å². The Balaban J connectivity index is 0.992. The van der Waals surface area contributed by atoms with Gasteiger partial charge < -0.3 is 33.3 Å². The molecule has 394 valence electrons. The normalized spacial score (nSPS) is 16.1. The van der Waals surface area contributed by atoms with Gasteiger partial charge in [-0.25, -0.2) is 0 Å². The van der Waals surface area contributed by atoms with E-state index in [1.54, 1.807) is 37.1 Å². The summed E-state index contributed by atoms with van der Waals surface area (Å²) in [7, 11) is 6.85. The number of carbonyl (C=O) groups is 3. The van der Waals surface area contributed by atoms with Crippen molar-refractivity contribution in [2.75, 3.05) is 80.8 Å². The van der Waals surface area contributed by atoms with Crippen molar-refractivity contribution in [2.45, 2.75) is 89.8 Å². The molecule has 4 heterocycles. The van der Waals surface area contributed by atoms with E-state index in [9.17, 15) is 14.4 Å². The van der Waals surface area contributed by atoms with E-state index in [0.717, 1.165) is 57.1 Å². The van der Waals surface area contributed by atoms with Gasteiger partial charge in [0.05, 0.1) is 74.7 Å². The third-order valence-electron chi connectivity index (χ3n) is 13.7. The molecule has 4 aliphatic rings. The first-order valence-electron chi connectivity index (χ1n) is 25.8. The third-order valence-corrected chi connectivity index (χ3v) is 17.1. The first-order chi connectivity index (χ1) is 36.4. The van der Waals surface area contributed by atoms with Crippen LogP contribution < -0.4 is 28.9 Å². The van der Waals surface area contributed by atoms with Gasteiger partial charge in [-0.15, -0.1) is 0 Å². The molecule has 0 unspecified atom stereocenters. The maximum Gasteiger partial charge on any atom is 0.261 e. The van der Waals surface area contributed by atoms with E-state index in [1.165, 1.54) is 0 Å². The van der Waals surface area contributed by atoms with Crippen LogP contribution in [0.3, 0.4) is 0 Å². The number of benzene rings is 5. The average Bonchev–Trinajstić information content (AvgIpc) is 3.92. The molecular formula is C59H67N5O9S2.